The Morgan fingerprint density at radius 2 is 1.12 bits per heavy atom. The van der Waals surface area contributed by atoms with Gasteiger partial charge in [-0.1, -0.05) is 47.0 Å². The molecule has 0 aromatic heterocycles. The molecule has 144 valence electrons. The van der Waals surface area contributed by atoms with Crippen molar-refractivity contribution in [1.82, 2.24) is 0 Å². The van der Waals surface area contributed by atoms with Crippen LogP contribution in [0.15, 0.2) is 0 Å². The second kappa shape index (κ2) is 6.97. The lowest BCUT2D eigenvalue weighted by Gasteiger charge is -2.57. The molecule has 1 heterocycles. The van der Waals surface area contributed by atoms with Gasteiger partial charge < -0.3 is 9.30 Å². The van der Waals surface area contributed by atoms with Gasteiger partial charge >= 0.3 is 0 Å². The van der Waals surface area contributed by atoms with Crippen molar-refractivity contribution < 1.29 is 9.30 Å². The highest BCUT2D eigenvalue weighted by Gasteiger charge is 2.59. The number of fused-ring (bicyclic) bond motifs is 2. The standard InChI is InChI=1S/C22H39O2P/c1-14-10-19-21(12-16(14)3)25(23,18-8-6-5-7-9-18)22-13-17(4)15(2)11-20(22)24-19/h14-22H,5-13H2,1-4H3. The van der Waals surface area contributed by atoms with Crippen LogP contribution in [-0.4, -0.2) is 29.2 Å². The molecule has 0 N–H and O–H groups in total. The Balaban J connectivity index is 1.70. The lowest BCUT2D eigenvalue weighted by Crippen LogP contribution is -2.55. The first kappa shape index (κ1) is 18.5. The van der Waals surface area contributed by atoms with Gasteiger partial charge in [-0.05, 0) is 62.2 Å². The molecule has 2 nitrogen and oxygen atoms in total. The number of ether oxygens (including phenoxy) is 1. The van der Waals surface area contributed by atoms with Gasteiger partial charge in [-0.25, -0.2) is 0 Å². The third-order valence-corrected chi connectivity index (χ3v) is 13.6. The van der Waals surface area contributed by atoms with Crippen LogP contribution in [0.2, 0.25) is 0 Å². The average Bonchev–Trinajstić information content (AvgIpc) is 2.60. The smallest absolute Gasteiger partial charge is 0.102 e. The quantitative estimate of drug-likeness (QED) is 0.508. The van der Waals surface area contributed by atoms with Gasteiger partial charge in [-0.3, -0.25) is 0 Å². The van der Waals surface area contributed by atoms with Crippen molar-refractivity contribution in [1.29, 1.82) is 0 Å². The minimum absolute atomic E-state index is 0.292. The first-order valence-corrected chi connectivity index (χ1v) is 13.1. The van der Waals surface area contributed by atoms with Gasteiger partial charge in [0.25, 0.3) is 0 Å². The third kappa shape index (κ3) is 3.08. The van der Waals surface area contributed by atoms with E-state index in [9.17, 15) is 4.57 Å². The molecule has 3 aliphatic carbocycles. The largest absolute Gasteiger partial charge is 0.373 e. The molecule has 4 aliphatic rings. The predicted octanol–water partition coefficient (Wildman–Crippen LogP) is 6.32. The first-order valence-electron chi connectivity index (χ1n) is 11.2. The van der Waals surface area contributed by atoms with Crippen molar-refractivity contribution in [3.05, 3.63) is 0 Å². The minimum Gasteiger partial charge on any atom is -0.373 e. The van der Waals surface area contributed by atoms with Crippen molar-refractivity contribution in [2.24, 2.45) is 23.7 Å². The lowest BCUT2D eigenvalue weighted by molar-refractivity contribution is -0.0824. The van der Waals surface area contributed by atoms with E-state index < -0.39 is 7.14 Å². The van der Waals surface area contributed by atoms with Crippen molar-refractivity contribution in [3.63, 3.8) is 0 Å². The lowest BCUT2D eigenvalue weighted by atomic mass is 9.77. The maximum absolute atomic E-state index is 14.9. The van der Waals surface area contributed by atoms with Crippen LogP contribution >= 0.6 is 7.14 Å². The Hall–Kier alpha value is 0.190. The van der Waals surface area contributed by atoms with Crippen molar-refractivity contribution in [3.8, 4) is 0 Å². The van der Waals surface area contributed by atoms with Crippen LogP contribution < -0.4 is 0 Å². The highest BCUT2D eigenvalue weighted by atomic mass is 31.2. The fourth-order valence-electron chi connectivity index (χ4n) is 6.68. The van der Waals surface area contributed by atoms with Gasteiger partial charge in [0.2, 0.25) is 0 Å². The number of hydrogen-bond donors (Lipinski definition) is 0. The Morgan fingerprint density at radius 3 is 1.60 bits per heavy atom. The maximum Gasteiger partial charge on any atom is 0.102 e. The molecule has 1 saturated heterocycles. The van der Waals surface area contributed by atoms with Crippen LogP contribution in [0.5, 0.6) is 0 Å². The molecule has 4 rings (SSSR count). The van der Waals surface area contributed by atoms with Crippen LogP contribution in [0, 0.1) is 23.7 Å². The molecular formula is C22H39O2P. The summed E-state index contributed by atoms with van der Waals surface area (Å²) in [6.45, 7) is 9.55. The summed E-state index contributed by atoms with van der Waals surface area (Å²) in [7, 11) is -2.20. The summed E-state index contributed by atoms with van der Waals surface area (Å²) in [4.78, 5) is 0. The fraction of sp³-hybridized carbons (Fsp3) is 1.00. The summed E-state index contributed by atoms with van der Waals surface area (Å²) in [6, 6.07) is 0. The molecule has 25 heavy (non-hydrogen) atoms. The zero-order valence-electron chi connectivity index (χ0n) is 16.8. The monoisotopic (exact) mass is 366 g/mol. The molecule has 0 aromatic carbocycles. The number of rotatable bonds is 1. The van der Waals surface area contributed by atoms with E-state index in [-0.39, 0.29) is 0 Å². The molecule has 0 spiro atoms. The Labute approximate surface area is 155 Å². The van der Waals surface area contributed by atoms with Gasteiger partial charge in [0.15, 0.2) is 0 Å². The Kier molecular flexibility index (Phi) is 5.17. The SMILES string of the molecule is CC1CC2OC3CC(C)C(C)CC3P(=O)(C3CCCCC3)C2CC1C. The molecule has 3 heteroatoms. The van der Waals surface area contributed by atoms with E-state index in [1.807, 2.05) is 0 Å². The molecule has 8 unspecified atom stereocenters. The normalized spacial score (nSPS) is 54.6. The summed E-state index contributed by atoms with van der Waals surface area (Å²) in [6.07, 6.45) is 11.6. The molecule has 1 aliphatic heterocycles. The molecule has 8 atom stereocenters. The van der Waals surface area contributed by atoms with Gasteiger partial charge in [-0.15, -0.1) is 0 Å². The van der Waals surface area contributed by atoms with Gasteiger partial charge in [-0.2, -0.15) is 0 Å². The summed E-state index contributed by atoms with van der Waals surface area (Å²) < 4.78 is 21.7. The summed E-state index contributed by atoms with van der Waals surface area (Å²) >= 11 is 0. The van der Waals surface area contributed by atoms with E-state index in [0.717, 1.165) is 37.5 Å². The maximum atomic E-state index is 14.9. The van der Waals surface area contributed by atoms with Crippen LogP contribution in [0.4, 0.5) is 0 Å². The van der Waals surface area contributed by atoms with Crippen molar-refractivity contribution in [2.75, 3.05) is 0 Å². The third-order valence-electron chi connectivity index (χ3n) is 8.77. The second-order valence-electron chi connectivity index (χ2n) is 10.3. The Bertz CT molecular complexity index is 492. The van der Waals surface area contributed by atoms with E-state index >= 15 is 0 Å². The molecule has 0 amide bonds. The van der Waals surface area contributed by atoms with Crippen LogP contribution in [0.25, 0.3) is 0 Å². The predicted molar refractivity (Wildman–Crippen MR) is 106 cm³/mol. The Morgan fingerprint density at radius 1 is 0.680 bits per heavy atom. The van der Waals surface area contributed by atoms with Gasteiger partial charge in [0.05, 0.1) is 12.2 Å². The molecule has 3 saturated carbocycles. The first-order chi connectivity index (χ1) is 11.9. The molecule has 0 radical (unpaired) electrons. The van der Waals surface area contributed by atoms with Crippen LogP contribution in [0.1, 0.15) is 85.5 Å². The molecule has 0 bridgehead atoms. The van der Waals surface area contributed by atoms with E-state index in [4.69, 9.17) is 4.74 Å². The summed E-state index contributed by atoms with van der Waals surface area (Å²) in [5.41, 5.74) is 1.28. The van der Waals surface area contributed by atoms with Gasteiger partial charge in [0, 0.05) is 17.0 Å². The fourth-order valence-corrected chi connectivity index (χ4v) is 12.2. The van der Waals surface area contributed by atoms with Crippen LogP contribution in [-0.2, 0) is 9.30 Å². The summed E-state index contributed by atoms with van der Waals surface area (Å²) in [5, 5.41) is 0. The van der Waals surface area contributed by atoms with Crippen molar-refractivity contribution in [2.45, 2.75) is 115 Å². The highest BCUT2D eigenvalue weighted by Crippen LogP contribution is 2.72. The zero-order chi connectivity index (χ0) is 17.8. The topological polar surface area (TPSA) is 26.3 Å². The summed E-state index contributed by atoms with van der Waals surface area (Å²) in [5.74, 6) is 2.85. The minimum atomic E-state index is -2.20. The average molecular weight is 367 g/mol. The highest BCUT2D eigenvalue weighted by molar-refractivity contribution is 7.66. The van der Waals surface area contributed by atoms with E-state index in [0.29, 0.717) is 41.0 Å². The van der Waals surface area contributed by atoms with E-state index in [1.54, 1.807) is 0 Å². The zero-order valence-corrected chi connectivity index (χ0v) is 17.7. The van der Waals surface area contributed by atoms with Gasteiger partial charge in [0.1, 0.15) is 7.14 Å². The van der Waals surface area contributed by atoms with E-state index in [2.05, 4.69) is 27.7 Å². The van der Waals surface area contributed by atoms with Crippen molar-refractivity contribution >= 4 is 7.14 Å². The molecule has 4 fully saturated rings. The van der Waals surface area contributed by atoms with Crippen LogP contribution in [0.3, 0.4) is 0 Å². The second-order valence-corrected chi connectivity index (χ2v) is 13.8. The molecular weight excluding hydrogens is 327 g/mol. The van der Waals surface area contributed by atoms with E-state index in [1.165, 1.54) is 32.1 Å². The number of hydrogen-bond acceptors (Lipinski definition) is 2. The molecule has 0 aromatic rings.